The van der Waals surface area contributed by atoms with Crippen LogP contribution in [0.15, 0.2) is 0 Å². The summed E-state index contributed by atoms with van der Waals surface area (Å²) in [4.78, 5) is 0. The van der Waals surface area contributed by atoms with Crippen LogP contribution in [0.25, 0.3) is 0 Å². The summed E-state index contributed by atoms with van der Waals surface area (Å²) in [5.74, 6) is 3.77. The molecule has 2 heteroatoms. The molecular weight excluding hydrogens is 152 g/mol. The minimum atomic E-state index is 0.676. The molecule has 2 aliphatic heterocycles. The normalized spacial score (nSPS) is 80.0. The van der Waals surface area contributed by atoms with Crippen LogP contribution in [0.4, 0.5) is 0 Å². The van der Waals surface area contributed by atoms with Crippen molar-refractivity contribution >= 4 is 0 Å². The van der Waals surface area contributed by atoms with Crippen LogP contribution < -0.4 is 0 Å². The summed E-state index contributed by atoms with van der Waals surface area (Å²) in [6.07, 6.45) is 5.58. The molecule has 0 N–H and O–H groups in total. The van der Waals surface area contributed by atoms with Crippen molar-refractivity contribution in [1.82, 2.24) is 0 Å². The highest BCUT2D eigenvalue weighted by Crippen LogP contribution is 2.69. The maximum absolute atomic E-state index is 5.69. The maximum atomic E-state index is 5.69. The molecule has 0 radical (unpaired) electrons. The molecule has 5 fully saturated rings. The van der Waals surface area contributed by atoms with Gasteiger partial charge in [-0.25, -0.2) is 0 Å². The van der Waals surface area contributed by atoms with Gasteiger partial charge in [0.05, 0.1) is 24.4 Å². The van der Waals surface area contributed by atoms with Crippen molar-refractivity contribution in [2.45, 2.75) is 37.3 Å². The highest BCUT2D eigenvalue weighted by molar-refractivity contribution is 5.21. The Hall–Kier alpha value is -0.0800. The number of ether oxygens (including phenoxy) is 2. The van der Waals surface area contributed by atoms with Gasteiger partial charge in [0.25, 0.3) is 0 Å². The maximum Gasteiger partial charge on any atom is 0.0876 e. The van der Waals surface area contributed by atoms with Crippen LogP contribution in [-0.4, -0.2) is 24.4 Å². The van der Waals surface area contributed by atoms with E-state index in [1.54, 1.807) is 0 Å². The minimum Gasteiger partial charge on any atom is -0.369 e. The molecule has 3 aliphatic carbocycles. The summed E-state index contributed by atoms with van der Waals surface area (Å²) >= 11 is 0. The fourth-order valence-electron chi connectivity index (χ4n) is 4.58. The van der Waals surface area contributed by atoms with E-state index in [9.17, 15) is 0 Å². The molecule has 0 aromatic heterocycles. The standard InChI is InChI=1S/C10H12O2/c1-4-3-2-6-10(11-6)7(3)5(1)9-8(4)12-9/h3-10H,1-2H2/t3-,4-,5+,6+,7-,8-,9+,10-/m1/s1. The molecule has 0 spiro atoms. The Labute approximate surface area is 71.2 Å². The molecular formula is C10H12O2. The van der Waals surface area contributed by atoms with E-state index in [-0.39, 0.29) is 0 Å². The average molecular weight is 164 g/mol. The summed E-state index contributed by atoms with van der Waals surface area (Å²) in [5.41, 5.74) is 0. The highest BCUT2D eigenvalue weighted by Gasteiger charge is 2.74. The van der Waals surface area contributed by atoms with Crippen LogP contribution in [0.1, 0.15) is 12.8 Å². The molecule has 2 heterocycles. The predicted octanol–water partition coefficient (Wildman–Crippen LogP) is 0.807. The summed E-state index contributed by atoms with van der Waals surface area (Å²) in [6, 6.07) is 0. The zero-order valence-electron chi connectivity index (χ0n) is 6.85. The molecule has 5 rings (SSSR count). The Bertz CT molecular complexity index is 273. The van der Waals surface area contributed by atoms with E-state index in [1.165, 1.54) is 12.8 Å². The van der Waals surface area contributed by atoms with Gasteiger partial charge < -0.3 is 9.47 Å². The van der Waals surface area contributed by atoms with Crippen molar-refractivity contribution in [2.24, 2.45) is 23.7 Å². The van der Waals surface area contributed by atoms with Crippen LogP contribution in [0, 0.1) is 23.7 Å². The first kappa shape index (κ1) is 5.61. The lowest BCUT2D eigenvalue weighted by molar-refractivity contribution is 0.162. The monoisotopic (exact) mass is 164 g/mol. The van der Waals surface area contributed by atoms with Crippen molar-refractivity contribution < 1.29 is 9.47 Å². The Kier molecular flexibility index (Phi) is 0.644. The van der Waals surface area contributed by atoms with E-state index in [0.29, 0.717) is 24.4 Å². The van der Waals surface area contributed by atoms with E-state index in [0.717, 1.165) is 23.7 Å². The van der Waals surface area contributed by atoms with Crippen molar-refractivity contribution in [1.29, 1.82) is 0 Å². The number of epoxide rings is 2. The van der Waals surface area contributed by atoms with Crippen LogP contribution in [0.5, 0.6) is 0 Å². The smallest absolute Gasteiger partial charge is 0.0876 e. The summed E-state index contributed by atoms with van der Waals surface area (Å²) in [6.45, 7) is 0. The Morgan fingerprint density at radius 1 is 0.750 bits per heavy atom. The average Bonchev–Trinajstić information content (AvgIpc) is 2.92. The molecule has 5 aliphatic rings. The van der Waals surface area contributed by atoms with E-state index < -0.39 is 0 Å². The van der Waals surface area contributed by atoms with Gasteiger partial charge >= 0.3 is 0 Å². The third-order valence-electron chi connectivity index (χ3n) is 4.99. The molecule has 64 valence electrons. The van der Waals surface area contributed by atoms with Gasteiger partial charge in [-0.1, -0.05) is 0 Å². The van der Waals surface area contributed by atoms with Crippen molar-refractivity contribution in [3.63, 3.8) is 0 Å². The van der Waals surface area contributed by atoms with Gasteiger partial charge in [0.15, 0.2) is 0 Å². The lowest BCUT2D eigenvalue weighted by Crippen LogP contribution is -2.27. The van der Waals surface area contributed by atoms with Gasteiger partial charge in [-0.2, -0.15) is 0 Å². The van der Waals surface area contributed by atoms with Crippen molar-refractivity contribution in [3.05, 3.63) is 0 Å². The van der Waals surface area contributed by atoms with Crippen LogP contribution >= 0.6 is 0 Å². The Balaban J connectivity index is 1.66. The van der Waals surface area contributed by atoms with Crippen LogP contribution in [0.2, 0.25) is 0 Å². The number of hydrogen-bond acceptors (Lipinski definition) is 2. The zero-order chi connectivity index (χ0) is 7.45. The zero-order valence-corrected chi connectivity index (χ0v) is 6.85. The largest absolute Gasteiger partial charge is 0.369 e. The van der Waals surface area contributed by atoms with Gasteiger partial charge in [-0.3, -0.25) is 0 Å². The fraction of sp³-hybridized carbons (Fsp3) is 1.00. The summed E-state index contributed by atoms with van der Waals surface area (Å²) in [7, 11) is 0. The van der Waals surface area contributed by atoms with Gasteiger partial charge in [0.2, 0.25) is 0 Å². The molecule has 12 heavy (non-hydrogen) atoms. The van der Waals surface area contributed by atoms with Gasteiger partial charge in [-0.05, 0) is 36.5 Å². The SMILES string of the molecule is C1[C@@H]2[C@H]3C[C@@H]4O[C@H]4[C@H]3[C@H]1[C@@H]1O[C@H]21. The molecule has 0 unspecified atom stereocenters. The number of hydrogen-bond donors (Lipinski definition) is 0. The second kappa shape index (κ2) is 1.38. The third kappa shape index (κ3) is 0.409. The van der Waals surface area contributed by atoms with Gasteiger partial charge in [0.1, 0.15) is 0 Å². The van der Waals surface area contributed by atoms with Crippen molar-refractivity contribution in [2.75, 3.05) is 0 Å². The number of rotatable bonds is 0. The van der Waals surface area contributed by atoms with Crippen LogP contribution in [0.3, 0.4) is 0 Å². The van der Waals surface area contributed by atoms with E-state index in [2.05, 4.69) is 0 Å². The first-order valence-corrected chi connectivity index (χ1v) is 5.24. The third-order valence-corrected chi connectivity index (χ3v) is 4.99. The topological polar surface area (TPSA) is 25.1 Å². The molecule has 0 aromatic carbocycles. The van der Waals surface area contributed by atoms with E-state index >= 15 is 0 Å². The quantitative estimate of drug-likeness (QED) is 0.495. The molecule has 2 saturated heterocycles. The predicted molar refractivity (Wildman–Crippen MR) is 40.5 cm³/mol. The van der Waals surface area contributed by atoms with Gasteiger partial charge in [-0.15, -0.1) is 0 Å². The first-order chi connectivity index (χ1) is 5.93. The van der Waals surface area contributed by atoms with Crippen LogP contribution in [-0.2, 0) is 9.47 Å². The number of fused-ring (bicyclic) bond motifs is 10. The lowest BCUT2D eigenvalue weighted by Gasteiger charge is -2.22. The Morgan fingerprint density at radius 2 is 1.67 bits per heavy atom. The first-order valence-electron chi connectivity index (χ1n) is 5.24. The lowest BCUT2D eigenvalue weighted by atomic mass is 9.81. The molecule has 8 atom stereocenters. The molecule has 0 amide bonds. The van der Waals surface area contributed by atoms with E-state index in [1.807, 2.05) is 0 Å². The second-order valence-electron chi connectivity index (χ2n) is 5.24. The summed E-state index contributed by atoms with van der Waals surface area (Å²) < 4.78 is 11.3. The van der Waals surface area contributed by atoms with E-state index in [4.69, 9.17) is 9.47 Å². The highest BCUT2D eigenvalue weighted by atomic mass is 16.6. The molecule has 2 nitrogen and oxygen atoms in total. The fourth-order valence-corrected chi connectivity index (χ4v) is 4.58. The second-order valence-corrected chi connectivity index (χ2v) is 5.24. The molecule has 2 bridgehead atoms. The molecule has 0 aromatic rings. The Morgan fingerprint density at radius 3 is 2.67 bits per heavy atom. The van der Waals surface area contributed by atoms with Gasteiger partial charge in [0, 0.05) is 0 Å². The van der Waals surface area contributed by atoms with Crippen molar-refractivity contribution in [3.8, 4) is 0 Å². The summed E-state index contributed by atoms with van der Waals surface area (Å²) in [5, 5.41) is 0. The molecule has 3 saturated carbocycles. The minimum absolute atomic E-state index is 0.676.